The van der Waals surface area contributed by atoms with Crippen molar-refractivity contribution in [2.24, 2.45) is 5.73 Å². The van der Waals surface area contributed by atoms with Crippen molar-refractivity contribution in [1.29, 1.82) is 0 Å². The van der Waals surface area contributed by atoms with E-state index in [9.17, 15) is 9.90 Å². The van der Waals surface area contributed by atoms with Gasteiger partial charge in [0.2, 0.25) is 0 Å². The van der Waals surface area contributed by atoms with Gasteiger partial charge in [0.1, 0.15) is 5.75 Å². The van der Waals surface area contributed by atoms with Crippen LogP contribution in [-0.4, -0.2) is 30.8 Å². The second-order valence-electron chi connectivity index (χ2n) is 4.08. The van der Waals surface area contributed by atoms with E-state index in [0.717, 1.165) is 5.56 Å². The highest BCUT2D eigenvalue weighted by Gasteiger charge is 2.05. The third-order valence-electron chi connectivity index (χ3n) is 2.59. The summed E-state index contributed by atoms with van der Waals surface area (Å²) in [6.45, 7) is 2.84. The molecule has 0 spiro atoms. The Balaban J connectivity index is 2.28. The lowest BCUT2D eigenvalue weighted by atomic mass is 10.1. The van der Waals surface area contributed by atoms with Gasteiger partial charge < -0.3 is 20.3 Å². The van der Waals surface area contributed by atoms with Crippen LogP contribution in [0.3, 0.4) is 0 Å². The van der Waals surface area contributed by atoms with Gasteiger partial charge in [-0.15, -0.1) is 0 Å². The number of ether oxygens (including phenoxy) is 2. The van der Waals surface area contributed by atoms with E-state index in [1.807, 2.05) is 0 Å². The Morgan fingerprint density at radius 2 is 2.05 bits per heavy atom. The Hall–Kier alpha value is -1.59. The first-order chi connectivity index (χ1) is 9.17. The van der Waals surface area contributed by atoms with Crippen molar-refractivity contribution in [3.05, 3.63) is 29.8 Å². The molecule has 19 heavy (non-hydrogen) atoms. The molecule has 0 saturated heterocycles. The smallest absolute Gasteiger partial charge is 0.305 e. The summed E-state index contributed by atoms with van der Waals surface area (Å²) in [5, 5.41) is 9.53. The number of esters is 1. The van der Waals surface area contributed by atoms with Crippen molar-refractivity contribution in [3.8, 4) is 5.75 Å². The number of carbonyl (C=O) groups excluding carboxylic acids is 1. The van der Waals surface area contributed by atoms with Gasteiger partial charge in [-0.3, -0.25) is 4.79 Å². The third-order valence-corrected chi connectivity index (χ3v) is 2.59. The summed E-state index contributed by atoms with van der Waals surface area (Å²) < 4.78 is 10.3. The van der Waals surface area contributed by atoms with Gasteiger partial charge in [-0.25, -0.2) is 0 Å². The molecule has 1 aromatic rings. The van der Waals surface area contributed by atoms with Crippen molar-refractivity contribution >= 4 is 5.97 Å². The van der Waals surface area contributed by atoms with Crippen LogP contribution in [0, 0.1) is 0 Å². The molecule has 106 valence electrons. The van der Waals surface area contributed by atoms with E-state index in [4.69, 9.17) is 15.2 Å². The van der Waals surface area contributed by atoms with Gasteiger partial charge in [0.05, 0.1) is 19.3 Å². The van der Waals surface area contributed by atoms with E-state index in [1.54, 1.807) is 31.2 Å². The first kappa shape index (κ1) is 15.5. The van der Waals surface area contributed by atoms with Crippen LogP contribution >= 0.6 is 0 Å². The molecule has 5 heteroatoms. The Labute approximate surface area is 113 Å². The summed E-state index contributed by atoms with van der Waals surface area (Å²) in [5.74, 6) is 0.504. The number of aliphatic hydroxyl groups is 1. The molecule has 1 unspecified atom stereocenters. The molecule has 0 aliphatic carbocycles. The predicted molar refractivity (Wildman–Crippen MR) is 71.8 cm³/mol. The summed E-state index contributed by atoms with van der Waals surface area (Å²) >= 11 is 0. The van der Waals surface area contributed by atoms with Crippen LogP contribution in [0.15, 0.2) is 24.3 Å². The molecule has 0 amide bonds. The van der Waals surface area contributed by atoms with Crippen LogP contribution < -0.4 is 10.5 Å². The average molecular weight is 267 g/mol. The molecule has 3 N–H and O–H groups in total. The molecule has 0 saturated carbocycles. The van der Waals surface area contributed by atoms with Crippen LogP contribution in [0.4, 0.5) is 0 Å². The van der Waals surface area contributed by atoms with Gasteiger partial charge in [-0.05, 0) is 31.0 Å². The molecule has 0 radical (unpaired) electrons. The van der Waals surface area contributed by atoms with Crippen molar-refractivity contribution < 1.29 is 19.4 Å². The van der Waals surface area contributed by atoms with Crippen LogP contribution in [0.25, 0.3) is 0 Å². The maximum absolute atomic E-state index is 11.1. The number of hydrogen-bond acceptors (Lipinski definition) is 5. The lowest BCUT2D eigenvalue weighted by Crippen LogP contribution is -2.11. The number of aliphatic hydroxyl groups excluding tert-OH is 1. The lowest BCUT2D eigenvalue weighted by Gasteiger charge is -2.10. The van der Waals surface area contributed by atoms with E-state index >= 15 is 0 Å². The van der Waals surface area contributed by atoms with E-state index in [2.05, 4.69) is 0 Å². The van der Waals surface area contributed by atoms with Gasteiger partial charge in [0.25, 0.3) is 0 Å². The van der Waals surface area contributed by atoms with Crippen molar-refractivity contribution in [2.75, 3.05) is 19.8 Å². The topological polar surface area (TPSA) is 81.8 Å². The minimum absolute atomic E-state index is 0.194. The molecule has 0 aliphatic heterocycles. The Morgan fingerprint density at radius 1 is 1.37 bits per heavy atom. The summed E-state index contributed by atoms with van der Waals surface area (Å²) in [7, 11) is 0. The molecule has 0 fully saturated rings. The maximum Gasteiger partial charge on any atom is 0.305 e. The van der Waals surface area contributed by atoms with Gasteiger partial charge in [-0.1, -0.05) is 12.1 Å². The first-order valence-electron chi connectivity index (χ1n) is 6.44. The molecule has 5 nitrogen and oxygen atoms in total. The SMILES string of the molecule is CCOC(=O)CCCOc1ccc(C(O)CN)cc1. The zero-order valence-corrected chi connectivity index (χ0v) is 11.2. The third kappa shape index (κ3) is 5.72. The fraction of sp³-hybridized carbons (Fsp3) is 0.500. The Morgan fingerprint density at radius 3 is 2.63 bits per heavy atom. The zero-order chi connectivity index (χ0) is 14.1. The van der Waals surface area contributed by atoms with Gasteiger partial charge >= 0.3 is 5.97 Å². The number of benzene rings is 1. The molecule has 0 heterocycles. The quantitative estimate of drug-likeness (QED) is 0.549. The van der Waals surface area contributed by atoms with Crippen LogP contribution in [-0.2, 0) is 9.53 Å². The highest BCUT2D eigenvalue weighted by Crippen LogP contribution is 2.17. The zero-order valence-electron chi connectivity index (χ0n) is 11.2. The monoisotopic (exact) mass is 267 g/mol. The summed E-state index contributed by atoms with van der Waals surface area (Å²) in [6, 6.07) is 7.10. The Kier molecular flexibility index (Phi) is 6.92. The van der Waals surface area contributed by atoms with Crippen molar-refractivity contribution in [3.63, 3.8) is 0 Å². The highest BCUT2D eigenvalue weighted by molar-refractivity contribution is 5.69. The number of hydrogen-bond donors (Lipinski definition) is 2. The molecular formula is C14H21NO4. The van der Waals surface area contributed by atoms with E-state index < -0.39 is 6.10 Å². The normalized spacial score (nSPS) is 11.9. The second-order valence-corrected chi connectivity index (χ2v) is 4.08. The average Bonchev–Trinajstić information content (AvgIpc) is 2.44. The highest BCUT2D eigenvalue weighted by atomic mass is 16.5. The summed E-state index contributed by atoms with van der Waals surface area (Å²) in [5.41, 5.74) is 6.13. The van der Waals surface area contributed by atoms with Gasteiger partial charge in [0.15, 0.2) is 0 Å². The van der Waals surface area contributed by atoms with E-state index in [1.165, 1.54) is 0 Å². The second kappa shape index (κ2) is 8.50. The van der Waals surface area contributed by atoms with Crippen LogP contribution in [0.5, 0.6) is 5.75 Å². The van der Waals surface area contributed by atoms with Crippen molar-refractivity contribution in [1.82, 2.24) is 0 Å². The molecule has 1 atom stereocenters. The lowest BCUT2D eigenvalue weighted by molar-refractivity contribution is -0.143. The van der Waals surface area contributed by atoms with E-state index in [-0.39, 0.29) is 12.5 Å². The fourth-order valence-electron chi connectivity index (χ4n) is 1.56. The molecule has 1 aromatic carbocycles. The molecule has 0 bridgehead atoms. The number of nitrogens with two attached hydrogens (primary N) is 1. The number of carbonyl (C=O) groups is 1. The fourth-order valence-corrected chi connectivity index (χ4v) is 1.56. The minimum atomic E-state index is -0.641. The summed E-state index contributed by atoms with van der Waals surface area (Å²) in [6.07, 6.45) is 0.335. The van der Waals surface area contributed by atoms with Crippen molar-refractivity contribution in [2.45, 2.75) is 25.9 Å². The molecule has 1 rings (SSSR count). The first-order valence-corrected chi connectivity index (χ1v) is 6.44. The van der Waals surface area contributed by atoms with Gasteiger partial charge in [-0.2, -0.15) is 0 Å². The van der Waals surface area contributed by atoms with Crippen LogP contribution in [0.1, 0.15) is 31.4 Å². The molecular weight excluding hydrogens is 246 g/mol. The number of rotatable bonds is 8. The largest absolute Gasteiger partial charge is 0.494 e. The maximum atomic E-state index is 11.1. The molecule has 0 aliphatic rings. The van der Waals surface area contributed by atoms with E-state index in [0.29, 0.717) is 31.8 Å². The van der Waals surface area contributed by atoms with Crippen LogP contribution in [0.2, 0.25) is 0 Å². The molecule has 0 aromatic heterocycles. The predicted octanol–water partition coefficient (Wildman–Crippen LogP) is 1.40. The minimum Gasteiger partial charge on any atom is -0.494 e. The Bertz CT molecular complexity index is 378. The standard InChI is InChI=1S/C14H21NO4/c1-2-18-14(17)4-3-9-19-12-7-5-11(6-8-12)13(16)10-15/h5-8,13,16H,2-4,9-10,15H2,1H3. The van der Waals surface area contributed by atoms with Gasteiger partial charge in [0, 0.05) is 13.0 Å². The summed E-state index contributed by atoms with van der Waals surface area (Å²) in [4.78, 5) is 11.1.